The number of para-hydroxylation sites is 1. The van der Waals surface area contributed by atoms with Crippen LogP contribution in [-0.2, 0) is 5.41 Å². The van der Waals surface area contributed by atoms with Crippen molar-refractivity contribution in [2.45, 2.75) is 5.41 Å². The lowest BCUT2D eigenvalue weighted by molar-refractivity contribution is 0.769. The molecule has 0 amide bonds. The van der Waals surface area contributed by atoms with Crippen molar-refractivity contribution < 1.29 is 0 Å². The number of imidazole rings is 1. The van der Waals surface area contributed by atoms with Crippen molar-refractivity contribution in [3.8, 4) is 44.9 Å². The molecular formula is C51H33N3. The van der Waals surface area contributed by atoms with Crippen molar-refractivity contribution in [2.75, 3.05) is 0 Å². The van der Waals surface area contributed by atoms with Crippen molar-refractivity contribution in [3.63, 3.8) is 0 Å². The van der Waals surface area contributed by atoms with Gasteiger partial charge in [-0.3, -0.25) is 4.40 Å². The van der Waals surface area contributed by atoms with Crippen molar-refractivity contribution in [1.82, 2.24) is 14.4 Å². The van der Waals surface area contributed by atoms with Gasteiger partial charge in [0.2, 0.25) is 0 Å². The third kappa shape index (κ3) is 4.42. The van der Waals surface area contributed by atoms with E-state index in [1.54, 1.807) is 0 Å². The fourth-order valence-electron chi connectivity index (χ4n) is 8.99. The molecule has 0 spiro atoms. The lowest BCUT2D eigenvalue weighted by Crippen LogP contribution is -2.28. The minimum absolute atomic E-state index is 0.505. The van der Waals surface area contributed by atoms with Crippen LogP contribution < -0.4 is 0 Å². The molecule has 3 nitrogen and oxygen atoms in total. The number of hydrogen-bond donors (Lipinski definition) is 0. The number of benzene rings is 7. The maximum Gasteiger partial charge on any atom is 0.137 e. The summed E-state index contributed by atoms with van der Waals surface area (Å²) in [7, 11) is 0. The Bertz CT molecular complexity index is 3000. The van der Waals surface area contributed by atoms with E-state index in [9.17, 15) is 0 Å². The van der Waals surface area contributed by atoms with Crippen LogP contribution in [0.3, 0.4) is 0 Å². The topological polar surface area (TPSA) is 30.2 Å². The fraction of sp³-hybridized carbons (Fsp3) is 0.0196. The van der Waals surface area contributed by atoms with E-state index in [4.69, 9.17) is 9.97 Å². The Hall–Kier alpha value is -7.10. The van der Waals surface area contributed by atoms with Crippen LogP contribution >= 0.6 is 0 Å². The molecule has 0 fully saturated rings. The van der Waals surface area contributed by atoms with Crippen molar-refractivity contribution in [3.05, 3.63) is 223 Å². The van der Waals surface area contributed by atoms with Crippen molar-refractivity contribution in [1.29, 1.82) is 0 Å². The lowest BCUT2D eigenvalue weighted by atomic mass is 9.67. The molecule has 0 saturated heterocycles. The standard InChI is InChI=1S/C51H33N3/c1-4-17-34(18-5-1)49-50(54-30-15-14-29-47(54)53-49)36-20-16-19-35(31-36)48-43-33-45-42(32-41(43)40-26-11-13-28-46(40)52-48)39-25-10-12-27-44(39)51(45,37-21-6-2-7-22-37)38-23-8-3-9-24-38/h1-33H. The molecule has 3 aromatic heterocycles. The molecule has 1 aliphatic rings. The van der Waals surface area contributed by atoms with Gasteiger partial charge in [0.15, 0.2) is 0 Å². The summed E-state index contributed by atoms with van der Waals surface area (Å²) in [5, 5.41) is 3.49. The fourth-order valence-corrected chi connectivity index (χ4v) is 8.99. The summed E-state index contributed by atoms with van der Waals surface area (Å²) < 4.78 is 2.20. The van der Waals surface area contributed by atoms with Crippen molar-refractivity contribution >= 4 is 27.3 Å². The first-order valence-electron chi connectivity index (χ1n) is 18.5. The molecule has 0 aliphatic heterocycles. The Labute approximate surface area is 313 Å². The molecule has 10 aromatic rings. The molecular weight excluding hydrogens is 655 g/mol. The van der Waals surface area contributed by atoms with Gasteiger partial charge in [0.1, 0.15) is 5.65 Å². The van der Waals surface area contributed by atoms with E-state index in [-0.39, 0.29) is 0 Å². The second-order valence-electron chi connectivity index (χ2n) is 14.1. The van der Waals surface area contributed by atoms with Gasteiger partial charge >= 0.3 is 0 Å². The van der Waals surface area contributed by atoms with Crippen LogP contribution in [-0.4, -0.2) is 14.4 Å². The van der Waals surface area contributed by atoms with E-state index < -0.39 is 5.41 Å². The molecule has 252 valence electrons. The highest BCUT2D eigenvalue weighted by molar-refractivity contribution is 6.13. The molecule has 54 heavy (non-hydrogen) atoms. The molecule has 0 unspecified atom stereocenters. The first-order chi connectivity index (χ1) is 26.8. The number of nitrogens with zero attached hydrogens (tertiary/aromatic N) is 3. The summed E-state index contributed by atoms with van der Waals surface area (Å²) in [6, 6.07) is 69.9. The SMILES string of the molecule is c1ccc(-c2nc3ccccn3c2-c2cccc(-c3nc4ccccc4c4cc5c(cc34)C(c3ccccc3)(c3ccccc3)c3ccccc3-5)c2)cc1. The Kier molecular flexibility index (Phi) is 6.77. The lowest BCUT2D eigenvalue weighted by Gasteiger charge is -2.34. The van der Waals surface area contributed by atoms with Gasteiger partial charge in [0.05, 0.1) is 28.0 Å². The first kappa shape index (κ1) is 30.5. The smallest absolute Gasteiger partial charge is 0.137 e. The summed E-state index contributed by atoms with van der Waals surface area (Å²) in [5.41, 5.74) is 15.2. The minimum Gasteiger partial charge on any atom is -0.299 e. The minimum atomic E-state index is -0.505. The normalized spacial score (nSPS) is 13.0. The summed E-state index contributed by atoms with van der Waals surface area (Å²) in [6.45, 7) is 0. The Balaban J connectivity index is 1.22. The largest absolute Gasteiger partial charge is 0.299 e. The van der Waals surface area contributed by atoms with E-state index in [1.807, 2.05) is 6.07 Å². The van der Waals surface area contributed by atoms with E-state index in [0.717, 1.165) is 55.7 Å². The number of aromatic nitrogens is 3. The molecule has 11 rings (SSSR count). The first-order valence-corrected chi connectivity index (χ1v) is 18.5. The summed E-state index contributed by atoms with van der Waals surface area (Å²) in [5.74, 6) is 0. The molecule has 3 heterocycles. The highest BCUT2D eigenvalue weighted by Crippen LogP contribution is 2.57. The maximum atomic E-state index is 5.48. The number of hydrogen-bond acceptors (Lipinski definition) is 2. The second-order valence-corrected chi connectivity index (χ2v) is 14.1. The van der Waals surface area contributed by atoms with Crippen LogP contribution in [0, 0.1) is 0 Å². The molecule has 0 N–H and O–H groups in total. The van der Waals surface area contributed by atoms with Gasteiger partial charge in [-0.1, -0.05) is 158 Å². The summed E-state index contributed by atoms with van der Waals surface area (Å²) >= 11 is 0. The average Bonchev–Trinajstić information content (AvgIpc) is 3.78. The zero-order chi connectivity index (χ0) is 35.6. The van der Waals surface area contributed by atoms with Crippen LogP contribution in [0.15, 0.2) is 200 Å². The van der Waals surface area contributed by atoms with Gasteiger partial charge in [-0.05, 0) is 75.2 Å². The van der Waals surface area contributed by atoms with Crippen LogP contribution in [0.5, 0.6) is 0 Å². The summed E-state index contributed by atoms with van der Waals surface area (Å²) in [6.07, 6.45) is 2.11. The van der Waals surface area contributed by atoms with Gasteiger partial charge in [-0.2, -0.15) is 0 Å². The van der Waals surface area contributed by atoms with Gasteiger partial charge < -0.3 is 0 Å². The van der Waals surface area contributed by atoms with Crippen LogP contribution in [0.4, 0.5) is 0 Å². The van der Waals surface area contributed by atoms with Gasteiger partial charge in [-0.15, -0.1) is 0 Å². The predicted molar refractivity (Wildman–Crippen MR) is 222 cm³/mol. The van der Waals surface area contributed by atoms with E-state index in [1.165, 1.54) is 38.8 Å². The second kappa shape index (κ2) is 12.0. The van der Waals surface area contributed by atoms with Crippen LogP contribution in [0.25, 0.3) is 72.2 Å². The molecule has 0 atom stereocenters. The van der Waals surface area contributed by atoms with E-state index >= 15 is 0 Å². The summed E-state index contributed by atoms with van der Waals surface area (Å²) in [4.78, 5) is 10.6. The van der Waals surface area contributed by atoms with Crippen LogP contribution in [0.1, 0.15) is 22.3 Å². The maximum absolute atomic E-state index is 5.48. The molecule has 3 heteroatoms. The molecule has 0 saturated carbocycles. The third-order valence-electron chi connectivity index (χ3n) is 11.3. The van der Waals surface area contributed by atoms with Crippen LogP contribution in [0.2, 0.25) is 0 Å². The van der Waals surface area contributed by atoms with Gasteiger partial charge in [-0.25, -0.2) is 9.97 Å². The highest BCUT2D eigenvalue weighted by Gasteiger charge is 2.46. The van der Waals surface area contributed by atoms with Gasteiger partial charge in [0.25, 0.3) is 0 Å². The average molecular weight is 688 g/mol. The zero-order valence-electron chi connectivity index (χ0n) is 29.4. The van der Waals surface area contributed by atoms with E-state index in [0.29, 0.717) is 0 Å². The molecule has 0 bridgehead atoms. The predicted octanol–water partition coefficient (Wildman–Crippen LogP) is 12.4. The number of pyridine rings is 2. The molecule has 0 radical (unpaired) electrons. The van der Waals surface area contributed by atoms with Crippen molar-refractivity contribution in [2.24, 2.45) is 0 Å². The highest BCUT2D eigenvalue weighted by atomic mass is 15.0. The monoisotopic (exact) mass is 687 g/mol. The Morgan fingerprint density at radius 1 is 0.389 bits per heavy atom. The number of rotatable bonds is 5. The molecule has 7 aromatic carbocycles. The Morgan fingerprint density at radius 2 is 1.04 bits per heavy atom. The Morgan fingerprint density at radius 3 is 1.83 bits per heavy atom. The zero-order valence-corrected chi connectivity index (χ0v) is 29.4. The third-order valence-corrected chi connectivity index (χ3v) is 11.3. The van der Waals surface area contributed by atoms with E-state index in [2.05, 4.69) is 199 Å². The van der Waals surface area contributed by atoms with Gasteiger partial charge in [0, 0.05) is 33.7 Å². The quantitative estimate of drug-likeness (QED) is 0.169. The number of fused-ring (bicyclic) bond motifs is 7. The molecule has 1 aliphatic carbocycles.